The van der Waals surface area contributed by atoms with Crippen molar-refractivity contribution in [3.05, 3.63) is 12.7 Å². The number of imide groups is 1. The van der Waals surface area contributed by atoms with Crippen LogP contribution >= 0.6 is 0 Å². The van der Waals surface area contributed by atoms with E-state index >= 15 is 0 Å². The number of urea groups is 1. The molecular formula is C11H19N3O3. The van der Waals surface area contributed by atoms with E-state index < -0.39 is 11.6 Å². The van der Waals surface area contributed by atoms with Crippen molar-refractivity contribution in [2.75, 3.05) is 26.2 Å². The molecule has 1 heterocycles. The molecule has 17 heavy (non-hydrogen) atoms. The number of hydrogen-bond donors (Lipinski definition) is 3. The molecule has 0 unspecified atom stereocenters. The molecule has 1 aliphatic heterocycles. The van der Waals surface area contributed by atoms with Gasteiger partial charge in [-0.2, -0.15) is 0 Å². The first-order chi connectivity index (χ1) is 7.99. The standard InChI is InChI=1S/C11H19N3O3/c1-3-5-12-10(16)13-9(15)6-14-7-11(17,4-2)8-14/h3,17H,1,4-8H2,2H3,(H2,12,13,15,16). The highest BCUT2D eigenvalue weighted by molar-refractivity contribution is 5.95. The number of nitrogens with one attached hydrogen (secondary N) is 2. The molecule has 0 radical (unpaired) electrons. The summed E-state index contributed by atoms with van der Waals surface area (Å²) in [6.07, 6.45) is 2.20. The number of hydrogen-bond acceptors (Lipinski definition) is 4. The van der Waals surface area contributed by atoms with E-state index in [0.717, 1.165) is 0 Å². The first kappa shape index (κ1) is 13.7. The molecule has 0 atom stereocenters. The highest BCUT2D eigenvalue weighted by Crippen LogP contribution is 2.23. The Kier molecular flexibility index (Phi) is 4.65. The van der Waals surface area contributed by atoms with Gasteiger partial charge in [0.05, 0.1) is 12.1 Å². The summed E-state index contributed by atoms with van der Waals surface area (Å²) in [4.78, 5) is 24.3. The number of β-amino-alcohol motifs (C(OH)–C–C–N with tert-alkyl or cyclic N) is 1. The second-order valence-electron chi connectivity index (χ2n) is 4.27. The molecule has 0 saturated carbocycles. The molecule has 1 aliphatic rings. The lowest BCUT2D eigenvalue weighted by molar-refractivity contribution is -0.131. The molecule has 6 nitrogen and oxygen atoms in total. The van der Waals surface area contributed by atoms with Crippen LogP contribution in [0.3, 0.4) is 0 Å². The Hall–Kier alpha value is -1.40. The van der Waals surface area contributed by atoms with Crippen LogP contribution < -0.4 is 10.6 Å². The smallest absolute Gasteiger partial charge is 0.321 e. The van der Waals surface area contributed by atoms with E-state index in [1.165, 1.54) is 6.08 Å². The maximum atomic E-state index is 11.4. The van der Waals surface area contributed by atoms with Crippen LogP contribution in [0.1, 0.15) is 13.3 Å². The van der Waals surface area contributed by atoms with E-state index in [-0.39, 0.29) is 12.5 Å². The summed E-state index contributed by atoms with van der Waals surface area (Å²) >= 11 is 0. The van der Waals surface area contributed by atoms with Crippen LogP contribution in [0.15, 0.2) is 12.7 Å². The fraction of sp³-hybridized carbons (Fsp3) is 0.636. The second-order valence-corrected chi connectivity index (χ2v) is 4.27. The van der Waals surface area contributed by atoms with Crippen molar-refractivity contribution >= 4 is 11.9 Å². The molecule has 6 heteroatoms. The Balaban J connectivity index is 2.19. The molecule has 1 rings (SSSR count). The van der Waals surface area contributed by atoms with Gasteiger partial charge in [-0.1, -0.05) is 13.0 Å². The van der Waals surface area contributed by atoms with E-state index in [1.807, 2.05) is 6.92 Å². The van der Waals surface area contributed by atoms with Crippen LogP contribution in [0.5, 0.6) is 0 Å². The maximum Gasteiger partial charge on any atom is 0.321 e. The minimum absolute atomic E-state index is 0.129. The minimum atomic E-state index is -0.661. The molecule has 0 aromatic heterocycles. The van der Waals surface area contributed by atoms with Crippen molar-refractivity contribution in [1.29, 1.82) is 0 Å². The number of rotatable bonds is 5. The molecule has 1 saturated heterocycles. The van der Waals surface area contributed by atoms with Gasteiger partial charge in [0.25, 0.3) is 0 Å². The second kappa shape index (κ2) is 5.79. The highest BCUT2D eigenvalue weighted by Gasteiger charge is 2.39. The van der Waals surface area contributed by atoms with Gasteiger partial charge in [-0.05, 0) is 6.42 Å². The number of carbonyl (C=O) groups is 2. The Morgan fingerprint density at radius 1 is 1.53 bits per heavy atom. The predicted molar refractivity (Wildman–Crippen MR) is 63.4 cm³/mol. The number of amides is 3. The zero-order valence-electron chi connectivity index (χ0n) is 10.0. The van der Waals surface area contributed by atoms with E-state index in [9.17, 15) is 14.7 Å². The maximum absolute atomic E-state index is 11.4. The van der Waals surface area contributed by atoms with Crippen molar-refractivity contribution in [3.8, 4) is 0 Å². The van der Waals surface area contributed by atoms with Gasteiger partial charge in [-0.25, -0.2) is 4.79 Å². The van der Waals surface area contributed by atoms with Crippen LogP contribution in [0.25, 0.3) is 0 Å². The van der Waals surface area contributed by atoms with Gasteiger partial charge in [-0.15, -0.1) is 6.58 Å². The van der Waals surface area contributed by atoms with Gasteiger partial charge in [0, 0.05) is 19.6 Å². The molecule has 0 spiro atoms. The summed E-state index contributed by atoms with van der Waals surface area (Å²) in [5.41, 5.74) is -0.661. The summed E-state index contributed by atoms with van der Waals surface area (Å²) in [6.45, 7) is 6.75. The largest absolute Gasteiger partial charge is 0.387 e. The number of aliphatic hydroxyl groups is 1. The molecular weight excluding hydrogens is 222 g/mol. The van der Waals surface area contributed by atoms with Crippen molar-refractivity contribution in [1.82, 2.24) is 15.5 Å². The summed E-state index contributed by atoms with van der Waals surface area (Å²) in [5.74, 6) is -0.371. The van der Waals surface area contributed by atoms with Gasteiger partial charge in [0.1, 0.15) is 0 Å². The van der Waals surface area contributed by atoms with Gasteiger partial charge >= 0.3 is 6.03 Å². The lowest BCUT2D eigenvalue weighted by atomic mass is 9.91. The van der Waals surface area contributed by atoms with Crippen LogP contribution in [0.2, 0.25) is 0 Å². The number of likely N-dealkylation sites (tertiary alicyclic amines) is 1. The van der Waals surface area contributed by atoms with Crippen molar-refractivity contribution in [3.63, 3.8) is 0 Å². The van der Waals surface area contributed by atoms with Crippen LogP contribution in [0.4, 0.5) is 4.79 Å². The average Bonchev–Trinajstić information content (AvgIpc) is 2.23. The van der Waals surface area contributed by atoms with E-state index in [0.29, 0.717) is 26.1 Å². The van der Waals surface area contributed by atoms with Crippen molar-refractivity contribution < 1.29 is 14.7 Å². The first-order valence-corrected chi connectivity index (χ1v) is 5.62. The Labute approximate surface area is 101 Å². The SMILES string of the molecule is C=CCNC(=O)NC(=O)CN1CC(O)(CC)C1. The van der Waals surface area contributed by atoms with Crippen LogP contribution in [-0.2, 0) is 4.79 Å². The molecule has 0 bridgehead atoms. The molecule has 3 N–H and O–H groups in total. The van der Waals surface area contributed by atoms with Crippen molar-refractivity contribution in [2.24, 2.45) is 0 Å². The summed E-state index contributed by atoms with van der Waals surface area (Å²) < 4.78 is 0. The Morgan fingerprint density at radius 2 is 2.18 bits per heavy atom. The van der Waals surface area contributed by atoms with Crippen LogP contribution in [0, 0.1) is 0 Å². The average molecular weight is 241 g/mol. The Bertz CT molecular complexity index is 311. The van der Waals surface area contributed by atoms with E-state index in [4.69, 9.17) is 0 Å². The van der Waals surface area contributed by atoms with E-state index in [2.05, 4.69) is 17.2 Å². The van der Waals surface area contributed by atoms with Gasteiger partial charge < -0.3 is 10.4 Å². The van der Waals surface area contributed by atoms with Gasteiger partial charge in [0.15, 0.2) is 0 Å². The summed E-state index contributed by atoms with van der Waals surface area (Å²) in [7, 11) is 0. The monoisotopic (exact) mass is 241 g/mol. The summed E-state index contributed by atoms with van der Waals surface area (Å²) in [5, 5.41) is 14.4. The third kappa shape index (κ3) is 4.16. The fourth-order valence-electron chi connectivity index (χ4n) is 1.70. The van der Waals surface area contributed by atoms with Gasteiger partial charge in [0.2, 0.25) is 5.91 Å². The number of nitrogens with zero attached hydrogens (tertiary/aromatic N) is 1. The molecule has 3 amide bonds. The Morgan fingerprint density at radius 3 is 2.71 bits per heavy atom. The quantitative estimate of drug-likeness (QED) is 0.564. The highest BCUT2D eigenvalue weighted by atomic mass is 16.3. The molecule has 0 aliphatic carbocycles. The van der Waals surface area contributed by atoms with Crippen molar-refractivity contribution in [2.45, 2.75) is 18.9 Å². The lowest BCUT2D eigenvalue weighted by Gasteiger charge is -2.45. The molecule has 96 valence electrons. The molecule has 0 aromatic rings. The first-order valence-electron chi connectivity index (χ1n) is 5.62. The normalized spacial score (nSPS) is 18.0. The number of carbonyl (C=O) groups excluding carboxylic acids is 2. The zero-order valence-corrected chi connectivity index (χ0v) is 10.0. The van der Waals surface area contributed by atoms with E-state index in [1.54, 1.807) is 4.90 Å². The molecule has 1 fully saturated rings. The lowest BCUT2D eigenvalue weighted by Crippen LogP contribution is -2.63. The molecule has 0 aromatic carbocycles. The minimum Gasteiger partial charge on any atom is -0.387 e. The third-order valence-electron chi connectivity index (χ3n) is 2.72. The third-order valence-corrected chi connectivity index (χ3v) is 2.72. The topological polar surface area (TPSA) is 81.7 Å². The van der Waals surface area contributed by atoms with Gasteiger partial charge in [-0.3, -0.25) is 15.0 Å². The summed E-state index contributed by atoms with van der Waals surface area (Å²) in [6, 6.07) is -0.527. The predicted octanol–water partition coefficient (Wildman–Crippen LogP) is -0.545. The fourth-order valence-corrected chi connectivity index (χ4v) is 1.70. The van der Waals surface area contributed by atoms with Crippen LogP contribution in [-0.4, -0.2) is 53.7 Å². The zero-order chi connectivity index (χ0) is 12.9.